The molecule has 1 aromatic rings. The Morgan fingerprint density at radius 3 is 2.12 bits per heavy atom. The first kappa shape index (κ1) is 15.9. The molecule has 0 aliphatic heterocycles. The summed E-state index contributed by atoms with van der Waals surface area (Å²) in [7, 11) is 0. The number of benzene rings is 1. The van der Waals surface area contributed by atoms with Gasteiger partial charge in [-0.2, -0.15) is 0 Å². The highest BCUT2D eigenvalue weighted by atomic mass is 32.1. The van der Waals surface area contributed by atoms with E-state index in [-0.39, 0.29) is 0 Å². The number of anilines is 1. The highest BCUT2D eigenvalue weighted by molar-refractivity contribution is 7.84. The van der Waals surface area contributed by atoms with Gasteiger partial charge >= 0.3 is 0 Å². The van der Waals surface area contributed by atoms with E-state index in [2.05, 4.69) is 45.3 Å². The fraction of sp³-hybridized carbons (Fsp3) is 0.143. The number of nitrogen functional groups attached to an aromatic ring is 1. The van der Waals surface area contributed by atoms with Crippen molar-refractivity contribution in [2.24, 2.45) is 0 Å². The maximum absolute atomic E-state index is 5.44. The van der Waals surface area contributed by atoms with E-state index in [1.54, 1.807) is 6.08 Å². The minimum atomic E-state index is 0.732. The van der Waals surface area contributed by atoms with Crippen LogP contribution in [0.4, 0.5) is 5.69 Å². The lowest BCUT2D eigenvalue weighted by atomic mass is 10.2. The molecular formula is C14H19NS2. The number of rotatable bonds is 3. The van der Waals surface area contributed by atoms with E-state index in [1.165, 1.54) is 0 Å². The Morgan fingerprint density at radius 2 is 1.88 bits per heavy atom. The predicted octanol–water partition coefficient (Wildman–Crippen LogP) is 4.51. The zero-order chi connectivity index (χ0) is 13.3. The molecule has 1 nitrogen and oxygen atoms in total. The summed E-state index contributed by atoms with van der Waals surface area (Å²) < 4.78 is 0. The molecule has 0 bridgehead atoms. The predicted molar refractivity (Wildman–Crippen MR) is 84.8 cm³/mol. The first-order valence-electron chi connectivity index (χ1n) is 5.27. The lowest BCUT2D eigenvalue weighted by Gasteiger charge is -1.97. The molecule has 2 N–H and O–H groups in total. The molecule has 0 amide bonds. The molecule has 0 saturated carbocycles. The van der Waals surface area contributed by atoms with Crippen LogP contribution in [0.15, 0.2) is 64.9 Å². The van der Waals surface area contributed by atoms with Gasteiger partial charge in [0.1, 0.15) is 0 Å². The van der Waals surface area contributed by atoms with Crippen molar-refractivity contribution in [2.45, 2.75) is 18.2 Å². The van der Waals surface area contributed by atoms with Crippen molar-refractivity contribution < 1.29 is 0 Å². The number of hydrogen-bond acceptors (Lipinski definition) is 3. The monoisotopic (exact) mass is 265 g/mol. The highest BCUT2D eigenvalue weighted by Gasteiger charge is 1.89. The molecule has 0 atom stereocenters. The van der Waals surface area contributed by atoms with E-state index in [0.717, 1.165) is 27.5 Å². The molecule has 0 radical (unpaired) electrons. The summed E-state index contributed by atoms with van der Waals surface area (Å²) in [5, 5.41) is 0. The second kappa shape index (κ2) is 9.02. The van der Waals surface area contributed by atoms with E-state index in [1.807, 2.05) is 30.3 Å². The van der Waals surface area contributed by atoms with Gasteiger partial charge in [0.2, 0.25) is 0 Å². The Bertz CT molecular complexity index is 387. The Labute approximate surface area is 115 Å². The van der Waals surface area contributed by atoms with Gasteiger partial charge in [-0.1, -0.05) is 44.4 Å². The van der Waals surface area contributed by atoms with Crippen LogP contribution < -0.4 is 5.73 Å². The molecular weight excluding hydrogens is 246 g/mol. The van der Waals surface area contributed by atoms with E-state index >= 15 is 0 Å². The molecule has 0 fully saturated rings. The number of allylic oxidation sites excluding steroid dienone is 3. The van der Waals surface area contributed by atoms with Crippen LogP contribution in [0, 0.1) is 0 Å². The number of hydrogen-bond donors (Lipinski definition) is 3. The van der Waals surface area contributed by atoms with Crippen molar-refractivity contribution in [3.05, 3.63) is 60.1 Å². The molecule has 17 heavy (non-hydrogen) atoms. The molecule has 0 saturated heterocycles. The summed E-state index contributed by atoms with van der Waals surface area (Å²) >= 11 is 8.25. The molecule has 1 aromatic carbocycles. The van der Waals surface area contributed by atoms with Crippen molar-refractivity contribution in [3.63, 3.8) is 0 Å². The van der Waals surface area contributed by atoms with Crippen molar-refractivity contribution in [2.75, 3.05) is 5.73 Å². The summed E-state index contributed by atoms with van der Waals surface area (Å²) in [6.07, 6.45) is 4.50. The molecule has 1 rings (SSSR count). The van der Waals surface area contributed by atoms with Gasteiger partial charge in [-0.25, -0.2) is 0 Å². The van der Waals surface area contributed by atoms with Crippen LogP contribution in [0.5, 0.6) is 0 Å². The summed E-state index contributed by atoms with van der Waals surface area (Å²) in [6.45, 7) is 9.31. The smallest absolute Gasteiger partial charge is 0.0449 e. The normalized spacial score (nSPS) is 10.8. The molecule has 0 aliphatic rings. The lowest BCUT2D eigenvalue weighted by molar-refractivity contribution is 1.15. The van der Waals surface area contributed by atoms with Gasteiger partial charge < -0.3 is 5.73 Å². The van der Waals surface area contributed by atoms with Crippen LogP contribution in [-0.2, 0) is 0 Å². The van der Waals surface area contributed by atoms with Gasteiger partial charge in [0.05, 0.1) is 0 Å². The Kier molecular flexibility index (Phi) is 8.46. The van der Waals surface area contributed by atoms with Gasteiger partial charge in [0, 0.05) is 15.5 Å². The van der Waals surface area contributed by atoms with E-state index < -0.39 is 0 Å². The number of nitrogens with two attached hydrogens (primary N) is 1. The first-order valence-corrected chi connectivity index (χ1v) is 6.16. The zero-order valence-electron chi connectivity index (χ0n) is 10.1. The van der Waals surface area contributed by atoms with Gasteiger partial charge in [0.25, 0.3) is 0 Å². The summed E-state index contributed by atoms with van der Waals surface area (Å²) in [6, 6.07) is 7.47. The molecule has 0 heterocycles. The third kappa shape index (κ3) is 6.29. The van der Waals surface area contributed by atoms with Crippen molar-refractivity contribution in [1.82, 2.24) is 0 Å². The van der Waals surface area contributed by atoms with Gasteiger partial charge in [-0.3, -0.25) is 0 Å². The lowest BCUT2D eigenvalue weighted by Crippen LogP contribution is -1.83. The van der Waals surface area contributed by atoms with Crippen molar-refractivity contribution in [1.29, 1.82) is 0 Å². The number of thiol groups is 2. The molecule has 3 heteroatoms. The quantitative estimate of drug-likeness (QED) is 0.418. The summed E-state index contributed by atoms with van der Waals surface area (Å²) in [5.74, 6) is 0. The second-order valence-corrected chi connectivity index (χ2v) is 4.19. The van der Waals surface area contributed by atoms with Crippen LogP contribution in [0.3, 0.4) is 0 Å². The van der Waals surface area contributed by atoms with Crippen molar-refractivity contribution in [3.8, 4) is 0 Å². The molecule has 0 aromatic heterocycles. The standard InChI is InChI=1S/C8H12S.C6H7NS/c1-4-7(5-2)8(9)6-3;7-5-3-1-2-4-6(5)8/h4,6,9H,1,3,5H2,2H3;1-4,8H,7H2/b8-7-;. The van der Waals surface area contributed by atoms with Gasteiger partial charge in [-0.05, 0) is 24.1 Å². The third-order valence-corrected chi connectivity index (χ3v) is 2.96. The first-order chi connectivity index (χ1) is 8.06. The van der Waals surface area contributed by atoms with Crippen LogP contribution in [0.25, 0.3) is 0 Å². The minimum Gasteiger partial charge on any atom is -0.398 e. The number of para-hydroxylation sites is 1. The summed E-state index contributed by atoms with van der Waals surface area (Å²) in [4.78, 5) is 1.76. The minimum absolute atomic E-state index is 0.732. The molecule has 0 spiro atoms. The fourth-order valence-corrected chi connectivity index (χ4v) is 1.46. The largest absolute Gasteiger partial charge is 0.398 e. The SMILES string of the molecule is C=C/C(S)=C(\C=C)CC.Nc1ccccc1S. The molecule has 0 aliphatic carbocycles. The maximum Gasteiger partial charge on any atom is 0.0449 e. The Hall–Kier alpha value is -1.06. The average Bonchev–Trinajstić information content (AvgIpc) is 2.35. The van der Waals surface area contributed by atoms with Crippen molar-refractivity contribution >= 4 is 30.9 Å². The zero-order valence-corrected chi connectivity index (χ0v) is 11.8. The molecule has 0 unspecified atom stereocenters. The Morgan fingerprint density at radius 1 is 1.29 bits per heavy atom. The fourth-order valence-electron chi connectivity index (χ4n) is 1.05. The summed E-state index contributed by atoms with van der Waals surface area (Å²) in [5.41, 5.74) is 7.32. The maximum atomic E-state index is 5.44. The Balaban J connectivity index is 0.000000302. The van der Waals surface area contributed by atoms with E-state index in [9.17, 15) is 0 Å². The third-order valence-electron chi connectivity index (χ3n) is 2.09. The highest BCUT2D eigenvalue weighted by Crippen LogP contribution is 2.13. The van der Waals surface area contributed by atoms with E-state index in [4.69, 9.17) is 5.73 Å². The second-order valence-electron chi connectivity index (χ2n) is 3.23. The average molecular weight is 265 g/mol. The van der Waals surface area contributed by atoms with Gasteiger partial charge in [0.15, 0.2) is 0 Å². The topological polar surface area (TPSA) is 26.0 Å². The van der Waals surface area contributed by atoms with Crippen LogP contribution in [0.2, 0.25) is 0 Å². The van der Waals surface area contributed by atoms with Crippen LogP contribution in [0.1, 0.15) is 13.3 Å². The van der Waals surface area contributed by atoms with E-state index in [0.29, 0.717) is 0 Å². The van der Waals surface area contributed by atoms with Crippen LogP contribution in [-0.4, -0.2) is 0 Å². The molecule has 92 valence electrons. The van der Waals surface area contributed by atoms with Gasteiger partial charge in [-0.15, -0.1) is 25.3 Å². The van der Waals surface area contributed by atoms with Crippen LogP contribution >= 0.6 is 25.3 Å².